The fourth-order valence-corrected chi connectivity index (χ4v) is 5.21. The Kier molecular flexibility index (Phi) is 6.87. The molecule has 0 radical (unpaired) electrons. The van der Waals surface area contributed by atoms with Crippen molar-refractivity contribution in [1.82, 2.24) is 20.1 Å². The van der Waals surface area contributed by atoms with Crippen LogP contribution >= 0.6 is 11.8 Å². The van der Waals surface area contributed by atoms with Crippen LogP contribution in [0.25, 0.3) is 16.5 Å². The highest BCUT2D eigenvalue weighted by Crippen LogP contribution is 2.28. The Morgan fingerprint density at radius 2 is 1.64 bits per heavy atom. The third-order valence-electron chi connectivity index (χ3n) is 6.17. The molecule has 1 unspecified atom stereocenters. The van der Waals surface area contributed by atoms with Crippen molar-refractivity contribution in [2.45, 2.75) is 37.7 Å². The Bertz CT molecular complexity index is 1520. The molecule has 0 saturated heterocycles. The smallest absolute Gasteiger partial charge is 0.252 e. The van der Waals surface area contributed by atoms with Gasteiger partial charge in [0.2, 0.25) is 0 Å². The second-order valence-corrected chi connectivity index (χ2v) is 9.95. The number of nitrogens with zero attached hydrogens (tertiary/aromatic N) is 3. The van der Waals surface area contributed by atoms with Gasteiger partial charge in [0.25, 0.3) is 5.91 Å². The minimum atomic E-state index is -0.349. The van der Waals surface area contributed by atoms with Gasteiger partial charge in [-0.15, -0.1) is 10.2 Å². The van der Waals surface area contributed by atoms with Gasteiger partial charge in [0.05, 0.1) is 6.04 Å². The highest BCUT2D eigenvalue weighted by Gasteiger charge is 2.22. The first-order chi connectivity index (χ1) is 17.5. The van der Waals surface area contributed by atoms with E-state index in [0.29, 0.717) is 11.4 Å². The summed E-state index contributed by atoms with van der Waals surface area (Å²) < 4.78 is 2.05. The van der Waals surface area contributed by atoms with Crippen LogP contribution in [0.2, 0.25) is 0 Å². The number of aromatic nitrogens is 3. The molecule has 0 aliphatic carbocycles. The number of hydrogen-bond acceptors (Lipinski definition) is 4. The summed E-state index contributed by atoms with van der Waals surface area (Å²) in [7, 11) is 0. The number of aryl methyl sites for hydroxylation is 2. The lowest BCUT2D eigenvalue weighted by atomic mass is 10.0. The first-order valence-corrected chi connectivity index (χ1v) is 13.0. The molecule has 5 rings (SSSR count). The second-order valence-electron chi connectivity index (χ2n) is 9.01. The number of amides is 1. The van der Waals surface area contributed by atoms with E-state index in [0.717, 1.165) is 27.4 Å². The van der Waals surface area contributed by atoms with E-state index >= 15 is 0 Å². The summed E-state index contributed by atoms with van der Waals surface area (Å²) in [4.78, 5) is 13.3. The van der Waals surface area contributed by atoms with Crippen molar-refractivity contribution in [2.75, 3.05) is 0 Å². The van der Waals surface area contributed by atoms with Crippen LogP contribution in [0.15, 0.2) is 96.2 Å². The van der Waals surface area contributed by atoms with Crippen LogP contribution in [0.4, 0.5) is 0 Å². The molecule has 36 heavy (non-hydrogen) atoms. The van der Waals surface area contributed by atoms with E-state index in [2.05, 4.69) is 77.9 Å². The van der Waals surface area contributed by atoms with Crippen LogP contribution in [0.5, 0.6) is 0 Å². The fraction of sp³-hybridized carbons (Fsp3) is 0.167. The third kappa shape index (κ3) is 5.04. The number of carbonyl (C=O) groups excluding carboxylic acids is 1. The average molecular weight is 493 g/mol. The first kappa shape index (κ1) is 23.8. The molecule has 0 fully saturated rings. The summed E-state index contributed by atoms with van der Waals surface area (Å²) in [6, 6.07) is 30.1. The molecule has 1 amide bonds. The maximum atomic E-state index is 13.3. The summed E-state index contributed by atoms with van der Waals surface area (Å²) in [5, 5.41) is 15.0. The molecule has 0 bridgehead atoms. The normalized spacial score (nSPS) is 12.0. The van der Waals surface area contributed by atoms with Gasteiger partial charge in [-0.1, -0.05) is 95.7 Å². The van der Waals surface area contributed by atoms with Crippen molar-refractivity contribution in [3.05, 3.63) is 119 Å². The maximum absolute atomic E-state index is 13.3. The standard InChI is InChI=1S/C30H28N4OS/c1-20-14-16-25(17-15-20)34-28(32-33-30(34)36-19-23-9-6-8-21(2)18-23)22(3)31-29(35)27-13-7-11-24-10-4-5-12-26(24)27/h4-18,22H,19H2,1-3H3,(H,31,35). The van der Waals surface area contributed by atoms with Crippen molar-refractivity contribution >= 4 is 28.4 Å². The highest BCUT2D eigenvalue weighted by atomic mass is 32.2. The van der Waals surface area contributed by atoms with Crippen LogP contribution in [0.3, 0.4) is 0 Å². The van der Waals surface area contributed by atoms with E-state index in [4.69, 9.17) is 0 Å². The Morgan fingerprint density at radius 1 is 0.889 bits per heavy atom. The van der Waals surface area contributed by atoms with Gasteiger partial charge in [0.15, 0.2) is 11.0 Å². The highest BCUT2D eigenvalue weighted by molar-refractivity contribution is 7.98. The van der Waals surface area contributed by atoms with Crippen LogP contribution in [0, 0.1) is 13.8 Å². The number of nitrogens with one attached hydrogen (secondary N) is 1. The van der Waals surface area contributed by atoms with Crippen molar-refractivity contribution in [3.63, 3.8) is 0 Å². The molecule has 0 aliphatic heterocycles. The zero-order chi connectivity index (χ0) is 25.1. The molecule has 4 aromatic carbocycles. The number of fused-ring (bicyclic) bond motifs is 1. The molecule has 1 atom stereocenters. The summed E-state index contributed by atoms with van der Waals surface area (Å²) in [5.74, 6) is 1.34. The molecule has 1 N–H and O–H groups in total. The minimum absolute atomic E-state index is 0.133. The van der Waals surface area contributed by atoms with E-state index in [-0.39, 0.29) is 11.9 Å². The monoisotopic (exact) mass is 492 g/mol. The summed E-state index contributed by atoms with van der Waals surface area (Å²) in [6.45, 7) is 6.12. The number of carbonyl (C=O) groups is 1. The number of thioether (sulfide) groups is 1. The van der Waals surface area contributed by atoms with E-state index in [1.165, 1.54) is 16.7 Å². The maximum Gasteiger partial charge on any atom is 0.252 e. The molecule has 1 heterocycles. The van der Waals surface area contributed by atoms with Crippen molar-refractivity contribution < 1.29 is 4.79 Å². The first-order valence-electron chi connectivity index (χ1n) is 12.0. The Balaban J connectivity index is 1.45. The molecule has 6 heteroatoms. The van der Waals surface area contributed by atoms with Crippen molar-refractivity contribution in [2.24, 2.45) is 0 Å². The number of hydrogen-bond donors (Lipinski definition) is 1. The molecule has 1 aromatic heterocycles. The molecule has 5 aromatic rings. The average Bonchev–Trinajstić information content (AvgIpc) is 3.32. The van der Waals surface area contributed by atoms with Gasteiger partial charge in [0, 0.05) is 17.0 Å². The van der Waals surface area contributed by atoms with Gasteiger partial charge in [-0.25, -0.2) is 0 Å². The van der Waals surface area contributed by atoms with E-state index in [1.807, 2.05) is 54.0 Å². The molecule has 5 nitrogen and oxygen atoms in total. The van der Waals surface area contributed by atoms with E-state index in [9.17, 15) is 4.79 Å². The molecule has 0 aliphatic rings. The Hall–Kier alpha value is -3.90. The summed E-state index contributed by atoms with van der Waals surface area (Å²) >= 11 is 1.64. The van der Waals surface area contributed by atoms with E-state index < -0.39 is 0 Å². The Labute approximate surface area is 215 Å². The van der Waals surface area contributed by atoms with Crippen LogP contribution in [0.1, 0.15) is 45.8 Å². The minimum Gasteiger partial charge on any atom is -0.342 e. The quantitative estimate of drug-likeness (QED) is 0.253. The van der Waals surface area contributed by atoms with Crippen LogP contribution < -0.4 is 5.32 Å². The molecule has 180 valence electrons. The van der Waals surface area contributed by atoms with Crippen LogP contribution in [-0.2, 0) is 5.75 Å². The van der Waals surface area contributed by atoms with Gasteiger partial charge in [-0.2, -0.15) is 0 Å². The molecule has 0 spiro atoms. The van der Waals surface area contributed by atoms with Gasteiger partial charge in [-0.05, 0) is 55.3 Å². The van der Waals surface area contributed by atoms with E-state index in [1.54, 1.807) is 11.8 Å². The predicted molar refractivity (Wildman–Crippen MR) is 147 cm³/mol. The molecule has 0 saturated carbocycles. The van der Waals surface area contributed by atoms with Gasteiger partial charge in [0.1, 0.15) is 0 Å². The predicted octanol–water partition coefficient (Wildman–Crippen LogP) is 6.82. The molecular formula is C30H28N4OS. The van der Waals surface area contributed by atoms with Gasteiger partial charge < -0.3 is 5.32 Å². The summed E-state index contributed by atoms with van der Waals surface area (Å²) in [6.07, 6.45) is 0. The lowest BCUT2D eigenvalue weighted by Gasteiger charge is -2.17. The lowest BCUT2D eigenvalue weighted by molar-refractivity contribution is 0.0939. The van der Waals surface area contributed by atoms with Gasteiger partial charge >= 0.3 is 0 Å². The zero-order valence-corrected chi connectivity index (χ0v) is 21.4. The number of rotatable bonds is 7. The third-order valence-corrected chi connectivity index (χ3v) is 7.17. The molecular weight excluding hydrogens is 464 g/mol. The topological polar surface area (TPSA) is 59.8 Å². The summed E-state index contributed by atoms with van der Waals surface area (Å²) in [5.41, 5.74) is 5.27. The largest absolute Gasteiger partial charge is 0.342 e. The van der Waals surface area contributed by atoms with Gasteiger partial charge in [-0.3, -0.25) is 9.36 Å². The van der Waals surface area contributed by atoms with Crippen molar-refractivity contribution in [1.29, 1.82) is 0 Å². The number of benzene rings is 4. The SMILES string of the molecule is Cc1ccc(-n2c(SCc3cccc(C)c3)nnc2C(C)NC(=O)c2cccc3ccccc23)cc1. The Morgan fingerprint density at radius 3 is 2.44 bits per heavy atom. The van der Waals surface area contributed by atoms with Crippen LogP contribution in [-0.4, -0.2) is 20.7 Å². The zero-order valence-electron chi connectivity index (χ0n) is 20.6. The second kappa shape index (κ2) is 10.4. The van der Waals surface area contributed by atoms with Crippen molar-refractivity contribution in [3.8, 4) is 5.69 Å². The lowest BCUT2D eigenvalue weighted by Crippen LogP contribution is -2.28. The fourth-order valence-electron chi connectivity index (χ4n) is 4.30.